The average molecular weight is 325 g/mol. The topological polar surface area (TPSA) is 116 Å². The number of ketones is 1. The van der Waals surface area contributed by atoms with Crippen molar-refractivity contribution >= 4 is 5.78 Å². The Labute approximate surface area is 138 Å². The predicted octanol–water partition coefficient (Wildman–Crippen LogP) is 1.76. The lowest BCUT2D eigenvalue weighted by Gasteiger charge is -2.40. The summed E-state index contributed by atoms with van der Waals surface area (Å²) in [6.45, 7) is 3.28. The highest BCUT2D eigenvalue weighted by atomic mass is 16.5. The quantitative estimate of drug-likeness (QED) is 0.864. The van der Waals surface area contributed by atoms with E-state index >= 15 is 0 Å². The minimum Gasteiger partial charge on any atom is -0.492 e. The molecule has 0 aliphatic heterocycles. The number of hydrogen-bond acceptors (Lipinski definition) is 7. The van der Waals surface area contributed by atoms with E-state index in [0.29, 0.717) is 16.7 Å². The second kappa shape index (κ2) is 5.58. The minimum absolute atomic E-state index is 0.0929. The molecule has 2 aromatic rings. The number of aromatic hydroxyl groups is 1. The van der Waals surface area contributed by atoms with Crippen LogP contribution in [0.3, 0.4) is 0 Å². The van der Waals surface area contributed by atoms with Crippen LogP contribution in [0, 0.1) is 16.7 Å². The van der Waals surface area contributed by atoms with Crippen LogP contribution in [-0.2, 0) is 0 Å². The number of ether oxygens (including phenoxy) is 1. The maximum atomic E-state index is 12.6. The summed E-state index contributed by atoms with van der Waals surface area (Å²) in [4.78, 5) is 12.6. The second-order valence-corrected chi connectivity index (χ2v) is 6.18. The summed E-state index contributed by atoms with van der Waals surface area (Å²) < 4.78 is 5.74. The van der Waals surface area contributed by atoms with Crippen LogP contribution in [0.5, 0.6) is 11.8 Å². The molecule has 0 saturated carbocycles. The monoisotopic (exact) mass is 325 g/mol. The molecule has 7 heteroatoms. The maximum Gasteiger partial charge on any atom is 0.234 e. The van der Waals surface area contributed by atoms with Crippen LogP contribution in [-0.4, -0.2) is 32.3 Å². The third-order valence-corrected chi connectivity index (χ3v) is 4.22. The van der Waals surface area contributed by atoms with E-state index in [1.807, 2.05) is 6.07 Å². The van der Waals surface area contributed by atoms with E-state index in [9.17, 15) is 15.0 Å². The van der Waals surface area contributed by atoms with Gasteiger partial charge in [0, 0.05) is 23.3 Å². The molecule has 1 aliphatic carbocycles. The number of hydrogen-bond donors (Lipinski definition) is 2. The van der Waals surface area contributed by atoms with E-state index in [-0.39, 0.29) is 17.5 Å². The summed E-state index contributed by atoms with van der Waals surface area (Å²) in [5.41, 5.74) is 0.136. The molecule has 2 atom stereocenters. The third kappa shape index (κ3) is 2.47. The molecule has 0 spiro atoms. The van der Waals surface area contributed by atoms with Gasteiger partial charge in [-0.25, -0.2) is 0 Å². The molecule has 1 aliphatic rings. The van der Waals surface area contributed by atoms with Gasteiger partial charge < -0.3 is 14.9 Å². The fourth-order valence-corrected chi connectivity index (χ4v) is 2.74. The van der Waals surface area contributed by atoms with Crippen molar-refractivity contribution in [1.82, 2.24) is 10.2 Å². The van der Waals surface area contributed by atoms with Crippen molar-refractivity contribution < 1.29 is 19.7 Å². The van der Waals surface area contributed by atoms with Gasteiger partial charge in [0.05, 0.1) is 17.0 Å². The van der Waals surface area contributed by atoms with Crippen LogP contribution in [0.25, 0.3) is 0 Å². The van der Waals surface area contributed by atoms with E-state index in [1.165, 1.54) is 18.2 Å². The van der Waals surface area contributed by atoms with Gasteiger partial charge in [0.15, 0.2) is 11.9 Å². The molecule has 3 rings (SSSR count). The molecule has 7 nitrogen and oxygen atoms in total. The Kier molecular flexibility index (Phi) is 3.70. The van der Waals surface area contributed by atoms with Crippen LogP contribution in [0.4, 0.5) is 0 Å². The number of Topliss-reactive ketones (excluding diaryl/α,β-unsaturated/α-hetero) is 1. The first-order valence-corrected chi connectivity index (χ1v) is 7.31. The number of rotatable bonds is 2. The van der Waals surface area contributed by atoms with Gasteiger partial charge in [-0.05, 0) is 32.0 Å². The molecular formula is C17H15N3O4. The van der Waals surface area contributed by atoms with Crippen LogP contribution in [0.1, 0.15) is 41.4 Å². The molecule has 2 N–H and O–H groups in total. The zero-order chi connectivity index (χ0) is 17.5. The van der Waals surface area contributed by atoms with E-state index in [1.54, 1.807) is 26.0 Å². The highest BCUT2D eigenvalue weighted by Crippen LogP contribution is 2.43. The summed E-state index contributed by atoms with van der Waals surface area (Å²) in [6, 6.07) is 9.39. The first-order valence-electron chi connectivity index (χ1n) is 7.31. The van der Waals surface area contributed by atoms with Crippen molar-refractivity contribution in [2.24, 2.45) is 5.41 Å². The predicted molar refractivity (Wildman–Crippen MR) is 82.3 cm³/mol. The number of aliphatic hydroxyl groups excluding tert-OH is 1. The van der Waals surface area contributed by atoms with Gasteiger partial charge in [0.25, 0.3) is 0 Å². The number of aromatic nitrogens is 2. The van der Waals surface area contributed by atoms with Gasteiger partial charge in [-0.3, -0.25) is 4.79 Å². The summed E-state index contributed by atoms with van der Waals surface area (Å²) in [5.74, 6) is -0.379. The number of carbonyl (C=O) groups excluding carboxylic acids is 1. The van der Waals surface area contributed by atoms with Gasteiger partial charge in [0.1, 0.15) is 6.10 Å². The van der Waals surface area contributed by atoms with Crippen LogP contribution >= 0.6 is 0 Å². The Morgan fingerprint density at radius 1 is 1.25 bits per heavy atom. The minimum atomic E-state index is -1.14. The summed E-state index contributed by atoms with van der Waals surface area (Å²) in [6.07, 6.45) is -2.03. The maximum absolute atomic E-state index is 12.6. The fourth-order valence-electron chi connectivity index (χ4n) is 2.74. The SMILES string of the molecule is CC1(C)C(=O)c2ccc(C#N)cc2C(Oc2ccc(O)nn2)C1O. The Morgan fingerprint density at radius 2 is 2.00 bits per heavy atom. The Bertz CT molecular complexity index is 840. The molecule has 2 unspecified atom stereocenters. The molecule has 1 heterocycles. The van der Waals surface area contributed by atoms with E-state index in [2.05, 4.69) is 10.2 Å². The van der Waals surface area contributed by atoms with Crippen LogP contribution < -0.4 is 4.74 Å². The molecule has 0 saturated heterocycles. The van der Waals surface area contributed by atoms with E-state index < -0.39 is 17.6 Å². The van der Waals surface area contributed by atoms with Crippen molar-refractivity contribution in [3.8, 4) is 17.8 Å². The first kappa shape index (κ1) is 15.9. The molecule has 122 valence electrons. The van der Waals surface area contributed by atoms with E-state index in [0.717, 1.165) is 0 Å². The zero-order valence-corrected chi connectivity index (χ0v) is 13.1. The van der Waals surface area contributed by atoms with Crippen molar-refractivity contribution in [3.05, 3.63) is 47.0 Å². The number of aliphatic hydroxyl groups is 1. The van der Waals surface area contributed by atoms with Gasteiger partial charge in [-0.1, -0.05) is 0 Å². The lowest BCUT2D eigenvalue weighted by atomic mass is 9.69. The smallest absolute Gasteiger partial charge is 0.234 e. The number of carbonyl (C=O) groups is 1. The first-order chi connectivity index (χ1) is 11.3. The molecule has 1 aromatic heterocycles. The third-order valence-electron chi connectivity index (χ3n) is 4.22. The normalized spacial score (nSPS) is 21.7. The van der Waals surface area contributed by atoms with E-state index in [4.69, 9.17) is 10.00 Å². The van der Waals surface area contributed by atoms with Crippen molar-refractivity contribution in [2.45, 2.75) is 26.1 Å². The summed E-state index contributed by atoms with van der Waals surface area (Å²) in [5, 5.41) is 36.2. The molecular weight excluding hydrogens is 310 g/mol. The number of fused-ring (bicyclic) bond motifs is 1. The van der Waals surface area contributed by atoms with Crippen LogP contribution in [0.2, 0.25) is 0 Å². The van der Waals surface area contributed by atoms with Crippen molar-refractivity contribution in [2.75, 3.05) is 0 Å². The number of nitrogens with zero attached hydrogens (tertiary/aromatic N) is 3. The number of benzene rings is 1. The van der Waals surface area contributed by atoms with Gasteiger partial charge >= 0.3 is 0 Å². The lowest BCUT2D eigenvalue weighted by molar-refractivity contribution is -0.0382. The van der Waals surface area contributed by atoms with Gasteiger partial charge in [-0.15, -0.1) is 10.2 Å². The van der Waals surface area contributed by atoms with Gasteiger partial charge in [-0.2, -0.15) is 5.26 Å². The standard InChI is InChI=1S/C17H15N3O4/c1-17(2)15(22)10-4-3-9(8-18)7-11(10)14(16(17)23)24-13-6-5-12(21)19-20-13/h3-7,14,16,23H,1-2H3,(H,19,21). The zero-order valence-electron chi connectivity index (χ0n) is 13.1. The molecule has 24 heavy (non-hydrogen) atoms. The Hall–Kier alpha value is -2.98. The van der Waals surface area contributed by atoms with Crippen molar-refractivity contribution in [1.29, 1.82) is 5.26 Å². The van der Waals surface area contributed by atoms with Crippen LogP contribution in [0.15, 0.2) is 30.3 Å². The number of nitriles is 1. The Balaban J connectivity index is 2.10. The second-order valence-electron chi connectivity index (χ2n) is 6.18. The highest BCUT2D eigenvalue weighted by Gasteiger charge is 2.48. The average Bonchev–Trinajstić information content (AvgIpc) is 2.58. The summed E-state index contributed by atoms with van der Waals surface area (Å²) >= 11 is 0. The molecule has 1 aromatic carbocycles. The molecule has 0 bridgehead atoms. The molecule has 0 radical (unpaired) electrons. The summed E-state index contributed by atoms with van der Waals surface area (Å²) in [7, 11) is 0. The highest BCUT2D eigenvalue weighted by molar-refractivity contribution is 6.03. The largest absolute Gasteiger partial charge is 0.492 e. The van der Waals surface area contributed by atoms with Crippen molar-refractivity contribution in [3.63, 3.8) is 0 Å². The lowest BCUT2D eigenvalue weighted by Crippen LogP contribution is -2.47. The Morgan fingerprint density at radius 3 is 2.62 bits per heavy atom. The fraction of sp³-hybridized carbons (Fsp3) is 0.294. The molecule has 0 fully saturated rings. The van der Waals surface area contributed by atoms with Gasteiger partial charge in [0.2, 0.25) is 11.8 Å². The molecule has 0 amide bonds.